The molecule has 0 saturated carbocycles. The molecule has 0 aliphatic carbocycles. The Labute approximate surface area is 90.4 Å². The minimum absolute atomic E-state index is 0. The van der Waals surface area contributed by atoms with Gasteiger partial charge in [0, 0.05) is 0 Å². The Hall–Kier alpha value is 2.14. The van der Waals surface area contributed by atoms with E-state index in [1.54, 1.807) is 0 Å². The first-order valence-electron chi connectivity index (χ1n) is 0. The average Bonchev–Trinajstić information content (AvgIpc) is 0. The molecule has 0 atom stereocenters. The molecule has 0 fully saturated rings. The van der Waals surface area contributed by atoms with Crippen LogP contribution in [0.4, 0.5) is 0 Å². The van der Waals surface area contributed by atoms with Crippen LogP contribution in [-0.2, 0) is 72.7 Å². The first kappa shape index (κ1) is 132. The average molecular weight is 416 g/mol. The maximum atomic E-state index is 0. The van der Waals surface area contributed by atoms with E-state index in [-0.39, 0.29) is 91.2 Å². The van der Waals surface area contributed by atoms with E-state index in [1.165, 1.54) is 0 Å². The fourth-order valence-corrected chi connectivity index (χ4v) is 0. The summed E-state index contributed by atoms with van der Waals surface area (Å²) in [6.45, 7) is 0. The zero-order chi connectivity index (χ0) is 0. The number of hydrogen-bond donors (Lipinski definition) is 0. The summed E-state index contributed by atoms with van der Waals surface area (Å²) in [5, 5.41) is 0. The van der Waals surface area contributed by atoms with Crippen molar-refractivity contribution in [2.75, 3.05) is 0 Å². The van der Waals surface area contributed by atoms with Gasteiger partial charge in [0.2, 0.25) is 0 Å². The van der Waals surface area contributed by atoms with Crippen LogP contribution >= 0.6 is 0 Å². The van der Waals surface area contributed by atoms with Crippen molar-refractivity contribution in [1.29, 1.82) is 0 Å². The van der Waals surface area contributed by atoms with Crippen LogP contribution in [0.5, 0.6) is 0 Å². The molecule has 0 aromatic carbocycles. The fraction of sp³-hybridized carbons (Fsp3) is 0. The summed E-state index contributed by atoms with van der Waals surface area (Å²) >= 11 is 0. The molecule has 0 heterocycles. The molecule has 0 aromatic heterocycles. The van der Waals surface area contributed by atoms with Gasteiger partial charge in [-0.15, -0.1) is 0 Å². The second-order valence-corrected chi connectivity index (χ2v) is 0. The van der Waals surface area contributed by atoms with Gasteiger partial charge in [0.05, 0.1) is 0 Å². The van der Waals surface area contributed by atoms with Gasteiger partial charge in [0.25, 0.3) is 0 Å². The Bertz CT molecular complexity index is 10.1. The van der Waals surface area contributed by atoms with E-state index in [9.17, 15) is 0 Å². The van der Waals surface area contributed by atoms with E-state index in [0.717, 1.165) is 0 Å². The second kappa shape index (κ2) is 90.6. The van der Waals surface area contributed by atoms with E-state index >= 15 is 0 Å². The van der Waals surface area contributed by atoms with Gasteiger partial charge in [-0.3, -0.25) is 0 Å². The van der Waals surface area contributed by atoms with E-state index in [2.05, 4.69) is 0 Å². The molecule has 0 saturated heterocycles. The molecule has 0 spiro atoms. The first-order valence-corrected chi connectivity index (χ1v) is 0. The van der Waals surface area contributed by atoms with E-state index in [0.29, 0.717) is 0 Å². The van der Waals surface area contributed by atoms with Gasteiger partial charge in [-0.2, -0.15) is 0 Å². The molecular weight excluding hydrogens is 416 g/mol. The summed E-state index contributed by atoms with van der Waals surface area (Å²) in [5.41, 5.74) is 0. The molecule has 0 N–H and O–H groups in total. The van der Waals surface area contributed by atoms with E-state index in [1.807, 2.05) is 0 Å². The van der Waals surface area contributed by atoms with Crippen molar-refractivity contribution in [2.24, 2.45) is 0 Å². The SMILES string of the molecule is [Au+3].[Co+2].[Co+2].[Co+2].[N-3].[N-3].[N-3]. The molecule has 0 aliphatic rings. The fourth-order valence-electron chi connectivity index (χ4n) is 0. The van der Waals surface area contributed by atoms with Crippen LogP contribution in [0.15, 0.2) is 0 Å². The normalized spacial score (nSPS) is 0. The van der Waals surface area contributed by atoms with Gasteiger partial charge in [0.1, 0.15) is 0 Å². The molecule has 0 amide bonds. The predicted octanol–water partition coefficient (Wildman–Crippen LogP) is 0.856. The minimum atomic E-state index is 0. The second-order valence-electron chi connectivity index (χ2n) is 0. The Morgan fingerprint density at radius 2 is 0.429 bits per heavy atom. The van der Waals surface area contributed by atoms with Crippen LogP contribution in [0.1, 0.15) is 0 Å². The molecular formula is AuCo3N3. The van der Waals surface area contributed by atoms with Crippen LogP contribution in [0, 0.1) is 0 Å². The van der Waals surface area contributed by atoms with Gasteiger partial charge < -0.3 is 18.5 Å². The van der Waals surface area contributed by atoms with Crippen molar-refractivity contribution in [1.82, 2.24) is 0 Å². The standard InChI is InChI=1S/Au.3Co.3N/q+3;3*+2;3*-3. The van der Waals surface area contributed by atoms with Crippen LogP contribution < -0.4 is 0 Å². The van der Waals surface area contributed by atoms with Gasteiger partial charge >= 0.3 is 72.7 Å². The zero-order valence-corrected chi connectivity index (χ0v) is 7.93. The summed E-state index contributed by atoms with van der Waals surface area (Å²) in [7, 11) is 0. The van der Waals surface area contributed by atoms with Crippen LogP contribution in [0.2, 0.25) is 0 Å². The maximum absolute atomic E-state index is 0. The van der Waals surface area contributed by atoms with Crippen molar-refractivity contribution >= 4 is 0 Å². The molecule has 0 aromatic rings. The zero-order valence-electron chi connectivity index (χ0n) is 2.64. The van der Waals surface area contributed by atoms with Crippen molar-refractivity contribution in [3.8, 4) is 0 Å². The summed E-state index contributed by atoms with van der Waals surface area (Å²) in [6, 6.07) is 0. The van der Waals surface area contributed by atoms with Crippen molar-refractivity contribution in [3.63, 3.8) is 0 Å². The van der Waals surface area contributed by atoms with E-state index in [4.69, 9.17) is 0 Å². The molecule has 7 heavy (non-hydrogen) atoms. The van der Waals surface area contributed by atoms with Gasteiger partial charge in [-0.05, 0) is 0 Å². The first-order chi connectivity index (χ1) is 0. The Balaban J connectivity index is 0. The van der Waals surface area contributed by atoms with Crippen LogP contribution in [0.3, 0.4) is 0 Å². The molecule has 7 heteroatoms. The third-order valence-corrected chi connectivity index (χ3v) is 0. The van der Waals surface area contributed by atoms with Crippen molar-refractivity contribution < 1.29 is 72.7 Å². The number of rotatable bonds is 0. The largest absolute Gasteiger partial charge is 3.00 e. The Morgan fingerprint density at radius 3 is 0.429 bits per heavy atom. The maximum Gasteiger partial charge on any atom is 3.00 e. The predicted molar refractivity (Wildman–Crippen MR) is 10.1 cm³/mol. The molecule has 0 unspecified atom stereocenters. The van der Waals surface area contributed by atoms with Gasteiger partial charge in [0.15, 0.2) is 0 Å². The topological polar surface area (TPSA) is 91.5 Å². The minimum Gasteiger partial charge on any atom is -3.00 e. The summed E-state index contributed by atoms with van der Waals surface area (Å²) in [6.07, 6.45) is 0. The smallest absolute Gasteiger partial charge is 3.00 e. The molecule has 0 bridgehead atoms. The molecule has 3 radical (unpaired) electrons. The van der Waals surface area contributed by atoms with Crippen LogP contribution in [0.25, 0.3) is 18.5 Å². The van der Waals surface area contributed by atoms with E-state index < -0.39 is 0 Å². The van der Waals surface area contributed by atoms with Gasteiger partial charge in [-0.1, -0.05) is 0 Å². The Morgan fingerprint density at radius 1 is 0.429 bits per heavy atom. The molecule has 3 nitrogen and oxygen atoms in total. The molecule has 53 valence electrons. The number of nitrogens with zero attached hydrogens (tertiary/aromatic N) is 3. The molecule has 0 aliphatic heterocycles. The quantitative estimate of drug-likeness (QED) is 0.525. The third kappa shape index (κ3) is 67.0. The van der Waals surface area contributed by atoms with Crippen LogP contribution in [-0.4, -0.2) is 0 Å². The van der Waals surface area contributed by atoms with Crippen molar-refractivity contribution in [2.45, 2.75) is 0 Å². The number of hydrogen-bond acceptors (Lipinski definition) is 0. The van der Waals surface area contributed by atoms with Crippen molar-refractivity contribution in [3.05, 3.63) is 18.5 Å². The summed E-state index contributed by atoms with van der Waals surface area (Å²) in [5.74, 6) is 0. The monoisotopic (exact) mass is 416 g/mol. The Kier molecular flexibility index (Phi) is 1710. The van der Waals surface area contributed by atoms with Gasteiger partial charge in [-0.25, -0.2) is 0 Å². The summed E-state index contributed by atoms with van der Waals surface area (Å²) < 4.78 is 0. The third-order valence-electron chi connectivity index (χ3n) is 0. The summed E-state index contributed by atoms with van der Waals surface area (Å²) in [4.78, 5) is 0. The molecule has 0 rings (SSSR count).